The van der Waals surface area contributed by atoms with Crippen LogP contribution in [0.25, 0.3) is 11.1 Å². The van der Waals surface area contributed by atoms with Crippen molar-refractivity contribution in [1.29, 1.82) is 0 Å². The molecule has 0 radical (unpaired) electrons. The highest BCUT2D eigenvalue weighted by atomic mass is 16.5. The molecule has 0 aliphatic heterocycles. The lowest BCUT2D eigenvalue weighted by Crippen LogP contribution is -2.24. The standard InChI is InChI=1S/C19H25NO2/c1-16-9-10-19(22-14-6-11-20(2)12-13-21)18(15-16)17-7-4-3-5-8-17/h3-5,7-10,15,21H,6,11-14H2,1-2H3. The Morgan fingerprint density at radius 1 is 1.05 bits per heavy atom. The Morgan fingerprint density at radius 2 is 1.82 bits per heavy atom. The molecule has 0 amide bonds. The zero-order chi connectivity index (χ0) is 15.8. The number of rotatable bonds is 8. The zero-order valence-electron chi connectivity index (χ0n) is 13.5. The van der Waals surface area contributed by atoms with Crippen LogP contribution in [0.5, 0.6) is 5.75 Å². The van der Waals surface area contributed by atoms with E-state index < -0.39 is 0 Å². The summed E-state index contributed by atoms with van der Waals surface area (Å²) in [5.74, 6) is 0.932. The highest BCUT2D eigenvalue weighted by Gasteiger charge is 2.07. The Kier molecular flexibility index (Phi) is 6.44. The molecular formula is C19H25NO2. The predicted octanol–water partition coefficient (Wildman–Crippen LogP) is 3.36. The first-order valence-electron chi connectivity index (χ1n) is 7.79. The molecule has 0 spiro atoms. The summed E-state index contributed by atoms with van der Waals surface area (Å²) in [6.07, 6.45) is 0.943. The fourth-order valence-corrected chi connectivity index (χ4v) is 2.41. The lowest BCUT2D eigenvalue weighted by molar-refractivity contribution is 0.208. The number of likely N-dealkylation sites (N-methyl/N-ethyl adjacent to an activating group) is 1. The summed E-state index contributed by atoms with van der Waals surface area (Å²) in [6, 6.07) is 16.6. The molecule has 0 fully saturated rings. The maximum Gasteiger partial charge on any atom is 0.127 e. The molecule has 0 atom stereocenters. The zero-order valence-corrected chi connectivity index (χ0v) is 13.5. The largest absolute Gasteiger partial charge is 0.493 e. The number of aliphatic hydroxyl groups excluding tert-OH is 1. The third-order valence-corrected chi connectivity index (χ3v) is 3.64. The smallest absolute Gasteiger partial charge is 0.127 e. The molecule has 0 saturated carbocycles. The molecule has 3 nitrogen and oxygen atoms in total. The number of benzene rings is 2. The van der Waals surface area contributed by atoms with Gasteiger partial charge in [-0.3, -0.25) is 0 Å². The molecule has 0 aliphatic carbocycles. The van der Waals surface area contributed by atoms with Crippen molar-refractivity contribution in [3.8, 4) is 16.9 Å². The molecule has 0 aliphatic rings. The molecular weight excluding hydrogens is 274 g/mol. The van der Waals surface area contributed by atoms with E-state index in [1.165, 1.54) is 11.1 Å². The van der Waals surface area contributed by atoms with Gasteiger partial charge in [-0.05, 0) is 38.1 Å². The fraction of sp³-hybridized carbons (Fsp3) is 0.368. The van der Waals surface area contributed by atoms with Crippen LogP contribution in [0.1, 0.15) is 12.0 Å². The van der Waals surface area contributed by atoms with E-state index in [1.54, 1.807) is 0 Å². The van der Waals surface area contributed by atoms with E-state index in [-0.39, 0.29) is 6.61 Å². The molecule has 0 unspecified atom stereocenters. The van der Waals surface area contributed by atoms with Crippen LogP contribution in [0.15, 0.2) is 48.5 Å². The van der Waals surface area contributed by atoms with Crippen molar-refractivity contribution < 1.29 is 9.84 Å². The van der Waals surface area contributed by atoms with Crippen molar-refractivity contribution in [2.24, 2.45) is 0 Å². The van der Waals surface area contributed by atoms with Crippen molar-refractivity contribution in [2.45, 2.75) is 13.3 Å². The summed E-state index contributed by atoms with van der Waals surface area (Å²) in [5.41, 5.74) is 3.55. The highest BCUT2D eigenvalue weighted by Crippen LogP contribution is 2.30. The van der Waals surface area contributed by atoms with Crippen LogP contribution in [-0.2, 0) is 0 Å². The summed E-state index contributed by atoms with van der Waals surface area (Å²) >= 11 is 0. The number of aryl methyl sites for hydroxylation is 1. The highest BCUT2D eigenvalue weighted by molar-refractivity contribution is 5.71. The topological polar surface area (TPSA) is 32.7 Å². The Morgan fingerprint density at radius 3 is 2.55 bits per heavy atom. The average molecular weight is 299 g/mol. The van der Waals surface area contributed by atoms with Crippen LogP contribution in [0.3, 0.4) is 0 Å². The molecule has 3 heteroatoms. The van der Waals surface area contributed by atoms with Gasteiger partial charge >= 0.3 is 0 Å². The molecule has 22 heavy (non-hydrogen) atoms. The number of ether oxygens (including phenoxy) is 1. The number of aliphatic hydroxyl groups is 1. The van der Waals surface area contributed by atoms with E-state index in [0.717, 1.165) is 24.3 Å². The molecule has 0 heterocycles. The minimum absolute atomic E-state index is 0.202. The van der Waals surface area contributed by atoms with E-state index in [9.17, 15) is 0 Å². The average Bonchev–Trinajstić information content (AvgIpc) is 2.54. The van der Waals surface area contributed by atoms with Gasteiger partial charge in [0, 0.05) is 18.7 Å². The SMILES string of the molecule is Cc1ccc(OCCCN(C)CCO)c(-c2ccccc2)c1. The Hall–Kier alpha value is -1.84. The molecule has 0 bridgehead atoms. The summed E-state index contributed by atoms with van der Waals surface area (Å²) in [4.78, 5) is 2.11. The maximum atomic E-state index is 8.89. The van der Waals surface area contributed by atoms with Crippen molar-refractivity contribution in [3.63, 3.8) is 0 Å². The second-order valence-electron chi connectivity index (χ2n) is 5.59. The van der Waals surface area contributed by atoms with Crippen LogP contribution in [-0.4, -0.2) is 43.4 Å². The molecule has 2 aromatic rings. The minimum atomic E-state index is 0.202. The first-order valence-corrected chi connectivity index (χ1v) is 7.79. The monoisotopic (exact) mass is 299 g/mol. The second kappa shape index (κ2) is 8.57. The van der Waals surface area contributed by atoms with Gasteiger partial charge in [-0.1, -0.05) is 42.0 Å². The van der Waals surface area contributed by atoms with Gasteiger partial charge in [0.1, 0.15) is 5.75 Å². The lowest BCUT2D eigenvalue weighted by Gasteiger charge is -2.16. The van der Waals surface area contributed by atoms with Crippen LogP contribution in [0.4, 0.5) is 0 Å². The van der Waals surface area contributed by atoms with Gasteiger partial charge in [0.15, 0.2) is 0 Å². The minimum Gasteiger partial charge on any atom is -0.493 e. The van der Waals surface area contributed by atoms with Crippen molar-refractivity contribution in [1.82, 2.24) is 4.90 Å². The van der Waals surface area contributed by atoms with Gasteiger partial charge in [-0.15, -0.1) is 0 Å². The lowest BCUT2D eigenvalue weighted by atomic mass is 10.0. The summed E-state index contributed by atoms with van der Waals surface area (Å²) < 4.78 is 5.99. The Bertz CT molecular complexity index is 569. The Labute approximate surface area is 133 Å². The second-order valence-corrected chi connectivity index (χ2v) is 5.59. The fourth-order valence-electron chi connectivity index (χ4n) is 2.41. The summed E-state index contributed by atoms with van der Waals surface area (Å²) in [5, 5.41) is 8.89. The van der Waals surface area contributed by atoms with E-state index in [4.69, 9.17) is 9.84 Å². The van der Waals surface area contributed by atoms with E-state index in [0.29, 0.717) is 13.2 Å². The molecule has 0 saturated heterocycles. The molecule has 2 rings (SSSR count). The van der Waals surface area contributed by atoms with Gasteiger partial charge in [0.2, 0.25) is 0 Å². The predicted molar refractivity (Wildman–Crippen MR) is 91.3 cm³/mol. The number of hydrogen-bond donors (Lipinski definition) is 1. The van der Waals surface area contributed by atoms with E-state index in [1.807, 2.05) is 25.2 Å². The van der Waals surface area contributed by atoms with Crippen molar-refractivity contribution in [3.05, 3.63) is 54.1 Å². The van der Waals surface area contributed by atoms with Gasteiger partial charge < -0.3 is 14.7 Å². The van der Waals surface area contributed by atoms with Gasteiger partial charge in [0.25, 0.3) is 0 Å². The van der Waals surface area contributed by atoms with Crippen molar-refractivity contribution >= 4 is 0 Å². The summed E-state index contributed by atoms with van der Waals surface area (Å²) in [7, 11) is 2.01. The van der Waals surface area contributed by atoms with E-state index >= 15 is 0 Å². The normalized spacial score (nSPS) is 10.9. The third kappa shape index (κ3) is 4.86. The Balaban J connectivity index is 1.99. The molecule has 0 aromatic heterocycles. The third-order valence-electron chi connectivity index (χ3n) is 3.64. The van der Waals surface area contributed by atoms with Gasteiger partial charge in [-0.2, -0.15) is 0 Å². The van der Waals surface area contributed by atoms with E-state index in [2.05, 4.69) is 42.2 Å². The van der Waals surface area contributed by atoms with Gasteiger partial charge in [-0.25, -0.2) is 0 Å². The molecule has 1 N–H and O–H groups in total. The molecule has 2 aromatic carbocycles. The van der Waals surface area contributed by atoms with Crippen LogP contribution >= 0.6 is 0 Å². The first-order chi connectivity index (χ1) is 10.7. The quantitative estimate of drug-likeness (QED) is 0.759. The molecule has 118 valence electrons. The van der Waals surface area contributed by atoms with Crippen LogP contribution in [0, 0.1) is 6.92 Å². The van der Waals surface area contributed by atoms with Crippen LogP contribution in [0.2, 0.25) is 0 Å². The number of nitrogens with zero attached hydrogens (tertiary/aromatic N) is 1. The van der Waals surface area contributed by atoms with Gasteiger partial charge in [0.05, 0.1) is 13.2 Å². The van der Waals surface area contributed by atoms with Crippen LogP contribution < -0.4 is 4.74 Å². The maximum absolute atomic E-state index is 8.89. The van der Waals surface area contributed by atoms with Crippen molar-refractivity contribution in [2.75, 3.05) is 33.4 Å². The number of hydrogen-bond acceptors (Lipinski definition) is 3. The first kappa shape index (κ1) is 16.5. The summed E-state index contributed by atoms with van der Waals surface area (Å²) in [6.45, 7) is 4.61.